The summed E-state index contributed by atoms with van der Waals surface area (Å²) < 4.78 is 4.17. The molecule has 0 unspecified atom stereocenters. The monoisotopic (exact) mass is 274 g/mol. The van der Waals surface area contributed by atoms with Gasteiger partial charge in [-0.15, -0.1) is 0 Å². The maximum atomic E-state index is 5.64. The van der Waals surface area contributed by atoms with Gasteiger partial charge in [-0.05, 0) is 12.8 Å². The number of aromatic nitrogens is 4. The van der Waals surface area contributed by atoms with Crippen LogP contribution in [0.25, 0.3) is 0 Å². The van der Waals surface area contributed by atoms with E-state index in [1.165, 1.54) is 12.8 Å². The fourth-order valence-electron chi connectivity index (χ4n) is 2.12. The van der Waals surface area contributed by atoms with Gasteiger partial charge in [0.2, 0.25) is 12.4 Å². The number of nitrogens with two attached hydrogens (primary N) is 2. The van der Waals surface area contributed by atoms with Gasteiger partial charge in [0, 0.05) is 12.8 Å². The van der Waals surface area contributed by atoms with E-state index in [-0.39, 0.29) is 0 Å². The van der Waals surface area contributed by atoms with E-state index in [1.54, 1.807) is 12.4 Å². The first kappa shape index (κ1) is 14.2. The minimum Gasteiger partial charge on any atom is -0.379 e. The molecule has 0 aliphatic heterocycles. The molecule has 0 aliphatic rings. The number of aryl methyl sites for hydroxylation is 2. The molecule has 0 aromatic carbocycles. The van der Waals surface area contributed by atoms with Crippen LogP contribution < -0.4 is 20.6 Å². The number of hydrogen-bond donors (Lipinski definition) is 2. The Balaban J connectivity index is 1.60. The fourth-order valence-corrected chi connectivity index (χ4v) is 2.12. The molecule has 0 bridgehead atoms. The van der Waals surface area contributed by atoms with E-state index in [1.807, 2.05) is 24.8 Å². The standard InChI is InChI=1S/C14H22N6/c15-13-11-19(9-5-17-13)7-3-1-2-4-8-20-10-6-18-14(16)12-20/h5-6,9-12H,1-4,7-8H2,(H2,15,17)(H2,16,18)/q+2. The number of nitrogen functional groups attached to an aromatic ring is 2. The van der Waals surface area contributed by atoms with Gasteiger partial charge in [0.15, 0.2) is 24.0 Å². The largest absolute Gasteiger partial charge is 0.379 e. The van der Waals surface area contributed by atoms with Gasteiger partial charge in [0.05, 0.1) is 12.4 Å². The van der Waals surface area contributed by atoms with Crippen LogP contribution in [-0.4, -0.2) is 9.97 Å². The number of unbranched alkanes of at least 4 members (excludes halogenated alkanes) is 3. The van der Waals surface area contributed by atoms with E-state index in [4.69, 9.17) is 11.5 Å². The smallest absolute Gasteiger partial charge is 0.211 e. The average molecular weight is 274 g/mol. The molecule has 0 saturated carbocycles. The predicted molar refractivity (Wildman–Crippen MR) is 76.2 cm³/mol. The molecular formula is C14H22N6+2. The van der Waals surface area contributed by atoms with Crippen molar-refractivity contribution in [2.75, 3.05) is 11.5 Å². The van der Waals surface area contributed by atoms with Crippen molar-refractivity contribution in [3.05, 3.63) is 37.2 Å². The van der Waals surface area contributed by atoms with Crippen molar-refractivity contribution in [2.45, 2.75) is 38.8 Å². The second-order valence-corrected chi connectivity index (χ2v) is 4.85. The van der Waals surface area contributed by atoms with Crippen LogP contribution in [0.3, 0.4) is 0 Å². The third kappa shape index (κ3) is 4.79. The molecule has 2 rings (SSSR count). The molecule has 6 heteroatoms. The SMILES string of the molecule is Nc1c[n+](CCCCCC[n+]2ccnc(N)c2)ccn1. The molecule has 2 aromatic heterocycles. The Bertz CT molecular complexity index is 493. The lowest BCUT2D eigenvalue weighted by molar-refractivity contribution is -0.698. The van der Waals surface area contributed by atoms with Gasteiger partial charge in [-0.2, -0.15) is 0 Å². The van der Waals surface area contributed by atoms with Crippen LogP contribution in [0.1, 0.15) is 25.7 Å². The first-order chi connectivity index (χ1) is 9.74. The first-order valence-corrected chi connectivity index (χ1v) is 6.95. The summed E-state index contributed by atoms with van der Waals surface area (Å²) >= 11 is 0. The molecule has 106 valence electrons. The zero-order valence-corrected chi connectivity index (χ0v) is 11.7. The van der Waals surface area contributed by atoms with E-state index >= 15 is 0 Å². The quantitative estimate of drug-likeness (QED) is 0.568. The Morgan fingerprint density at radius 3 is 1.60 bits per heavy atom. The van der Waals surface area contributed by atoms with E-state index in [9.17, 15) is 0 Å². The topological polar surface area (TPSA) is 85.6 Å². The van der Waals surface area contributed by atoms with Gasteiger partial charge in [-0.1, -0.05) is 0 Å². The van der Waals surface area contributed by atoms with Gasteiger partial charge in [0.1, 0.15) is 13.1 Å². The summed E-state index contributed by atoms with van der Waals surface area (Å²) in [6, 6.07) is 0. The zero-order valence-electron chi connectivity index (χ0n) is 11.7. The van der Waals surface area contributed by atoms with Crippen LogP contribution in [0.2, 0.25) is 0 Å². The molecule has 0 atom stereocenters. The molecule has 0 radical (unpaired) electrons. The zero-order chi connectivity index (χ0) is 14.2. The Morgan fingerprint density at radius 2 is 1.20 bits per heavy atom. The first-order valence-electron chi connectivity index (χ1n) is 6.95. The van der Waals surface area contributed by atoms with Crippen molar-refractivity contribution in [2.24, 2.45) is 0 Å². The van der Waals surface area contributed by atoms with Crippen LogP contribution >= 0.6 is 0 Å². The Morgan fingerprint density at radius 1 is 0.750 bits per heavy atom. The summed E-state index contributed by atoms with van der Waals surface area (Å²) in [5.41, 5.74) is 11.3. The molecule has 2 heterocycles. The molecule has 0 spiro atoms. The van der Waals surface area contributed by atoms with Crippen LogP contribution in [0.4, 0.5) is 11.6 Å². The van der Waals surface area contributed by atoms with Crippen LogP contribution in [0.15, 0.2) is 37.2 Å². The number of hydrogen-bond acceptors (Lipinski definition) is 4. The molecule has 6 nitrogen and oxygen atoms in total. The Hall–Kier alpha value is -2.24. The van der Waals surface area contributed by atoms with Gasteiger partial charge in [-0.25, -0.2) is 19.1 Å². The molecule has 0 saturated heterocycles. The normalized spacial score (nSPS) is 10.6. The highest BCUT2D eigenvalue weighted by Gasteiger charge is 2.03. The van der Waals surface area contributed by atoms with Crippen molar-refractivity contribution >= 4 is 11.6 Å². The third-order valence-corrected chi connectivity index (χ3v) is 3.14. The van der Waals surface area contributed by atoms with E-state index in [0.717, 1.165) is 25.9 Å². The highest BCUT2D eigenvalue weighted by atomic mass is 15.0. The minimum absolute atomic E-state index is 0.569. The highest BCUT2D eigenvalue weighted by Crippen LogP contribution is 2.00. The van der Waals surface area contributed by atoms with Crippen LogP contribution in [-0.2, 0) is 13.1 Å². The summed E-state index contributed by atoms with van der Waals surface area (Å²) in [5.74, 6) is 1.14. The average Bonchev–Trinajstić information content (AvgIpc) is 2.43. The second kappa shape index (κ2) is 7.37. The Labute approximate surface area is 119 Å². The van der Waals surface area contributed by atoms with E-state index in [0.29, 0.717) is 11.6 Å². The molecule has 4 N–H and O–H groups in total. The number of rotatable bonds is 7. The lowest BCUT2D eigenvalue weighted by Gasteiger charge is -1.99. The second-order valence-electron chi connectivity index (χ2n) is 4.85. The molecule has 0 fully saturated rings. The fraction of sp³-hybridized carbons (Fsp3) is 0.429. The lowest BCUT2D eigenvalue weighted by atomic mass is 10.2. The summed E-state index contributed by atoms with van der Waals surface area (Å²) in [5, 5.41) is 0. The van der Waals surface area contributed by atoms with Gasteiger partial charge in [-0.3, -0.25) is 0 Å². The lowest BCUT2D eigenvalue weighted by Crippen LogP contribution is -2.34. The van der Waals surface area contributed by atoms with E-state index in [2.05, 4.69) is 19.1 Å². The third-order valence-electron chi connectivity index (χ3n) is 3.14. The Kier molecular flexibility index (Phi) is 5.23. The molecule has 20 heavy (non-hydrogen) atoms. The van der Waals surface area contributed by atoms with Gasteiger partial charge >= 0.3 is 0 Å². The summed E-state index contributed by atoms with van der Waals surface area (Å²) in [6.45, 7) is 1.98. The number of anilines is 2. The van der Waals surface area contributed by atoms with Crippen LogP contribution in [0, 0.1) is 0 Å². The van der Waals surface area contributed by atoms with Crippen LogP contribution in [0.5, 0.6) is 0 Å². The highest BCUT2D eigenvalue weighted by molar-refractivity contribution is 5.18. The molecule has 0 aliphatic carbocycles. The van der Waals surface area contributed by atoms with Crippen molar-refractivity contribution in [3.63, 3.8) is 0 Å². The molecule has 0 amide bonds. The predicted octanol–water partition coefficient (Wildman–Crippen LogP) is 0.477. The summed E-state index contributed by atoms with van der Waals surface area (Å²) in [6.07, 6.45) is 15.8. The van der Waals surface area contributed by atoms with Crippen molar-refractivity contribution < 1.29 is 9.13 Å². The van der Waals surface area contributed by atoms with E-state index < -0.39 is 0 Å². The van der Waals surface area contributed by atoms with Crippen molar-refractivity contribution in [3.8, 4) is 0 Å². The van der Waals surface area contributed by atoms with Gasteiger partial charge in [0.25, 0.3) is 0 Å². The maximum Gasteiger partial charge on any atom is 0.211 e. The van der Waals surface area contributed by atoms with Crippen molar-refractivity contribution in [1.29, 1.82) is 0 Å². The summed E-state index contributed by atoms with van der Waals surface area (Å²) in [4.78, 5) is 7.95. The molecular weight excluding hydrogens is 252 g/mol. The number of nitrogens with zero attached hydrogens (tertiary/aromatic N) is 4. The maximum absolute atomic E-state index is 5.64. The molecule has 2 aromatic rings. The van der Waals surface area contributed by atoms with Gasteiger partial charge < -0.3 is 11.5 Å². The van der Waals surface area contributed by atoms with Crippen molar-refractivity contribution in [1.82, 2.24) is 9.97 Å². The minimum atomic E-state index is 0.569. The summed E-state index contributed by atoms with van der Waals surface area (Å²) in [7, 11) is 0.